The topological polar surface area (TPSA) is 93.7 Å². The van der Waals surface area contributed by atoms with E-state index < -0.39 is 10.0 Å². The number of methoxy groups -OCH3 is 2. The summed E-state index contributed by atoms with van der Waals surface area (Å²) < 4.78 is 37.9. The monoisotopic (exact) mass is 364 g/mol. The lowest BCUT2D eigenvalue weighted by Crippen LogP contribution is -2.18. The number of nitrogens with one attached hydrogen (secondary N) is 1. The molecule has 0 radical (unpaired) electrons. The summed E-state index contributed by atoms with van der Waals surface area (Å²) in [6.45, 7) is 2.00. The van der Waals surface area contributed by atoms with Gasteiger partial charge in [0.2, 0.25) is 5.75 Å². The molecule has 3 rings (SSSR count). The third kappa shape index (κ3) is 3.60. The Kier molecular flexibility index (Phi) is 4.93. The van der Waals surface area contributed by atoms with Crippen LogP contribution >= 0.6 is 0 Å². The highest BCUT2D eigenvalue weighted by Gasteiger charge is 2.21. The molecule has 0 bridgehead atoms. The third-order valence-electron chi connectivity index (χ3n) is 4.02. The Morgan fingerprint density at radius 1 is 1.04 bits per heavy atom. The predicted octanol–water partition coefficient (Wildman–Crippen LogP) is 1.89. The third-order valence-corrected chi connectivity index (χ3v) is 5.37. The second kappa shape index (κ2) is 7.14. The lowest BCUT2D eigenvalue weighted by atomic mass is 10.3. The van der Waals surface area contributed by atoms with Gasteiger partial charge in [0.05, 0.1) is 19.1 Å². The van der Waals surface area contributed by atoms with Crippen LogP contribution in [0.1, 0.15) is 12.8 Å². The van der Waals surface area contributed by atoms with Crippen LogP contribution in [0.4, 0.5) is 11.5 Å². The molecule has 0 aliphatic carbocycles. The first-order valence-corrected chi connectivity index (χ1v) is 9.34. The molecule has 1 N–H and O–H groups in total. The number of ether oxygens (including phenoxy) is 2. The Morgan fingerprint density at radius 2 is 1.72 bits per heavy atom. The minimum atomic E-state index is -3.81. The maximum absolute atomic E-state index is 12.6. The fourth-order valence-electron chi connectivity index (χ4n) is 2.76. The average Bonchev–Trinajstić information content (AvgIpc) is 3.16. The fraction of sp³-hybridized carbons (Fsp3) is 0.375. The summed E-state index contributed by atoms with van der Waals surface area (Å²) in [6, 6.07) is 6.80. The van der Waals surface area contributed by atoms with E-state index >= 15 is 0 Å². The number of hydrogen-bond acceptors (Lipinski definition) is 7. The number of aromatic nitrogens is 2. The molecule has 0 atom stereocenters. The molecule has 1 aromatic carbocycles. The Labute approximate surface area is 146 Å². The highest BCUT2D eigenvalue weighted by molar-refractivity contribution is 7.92. The van der Waals surface area contributed by atoms with Gasteiger partial charge in [0.1, 0.15) is 6.33 Å². The summed E-state index contributed by atoms with van der Waals surface area (Å²) in [4.78, 5) is 10.2. The molecule has 0 amide bonds. The Bertz CT molecular complexity index is 834. The molecule has 1 fully saturated rings. The Morgan fingerprint density at radius 3 is 2.32 bits per heavy atom. The van der Waals surface area contributed by atoms with Crippen LogP contribution in [0, 0.1) is 0 Å². The first-order chi connectivity index (χ1) is 12.0. The zero-order valence-electron chi connectivity index (χ0n) is 14.1. The molecule has 25 heavy (non-hydrogen) atoms. The highest BCUT2D eigenvalue weighted by Crippen LogP contribution is 2.32. The van der Waals surface area contributed by atoms with Gasteiger partial charge in [0, 0.05) is 18.8 Å². The minimum Gasteiger partial charge on any atom is -0.489 e. The van der Waals surface area contributed by atoms with Crippen molar-refractivity contribution in [3.8, 4) is 11.6 Å². The second-order valence-corrected chi connectivity index (χ2v) is 7.24. The SMILES string of the molecule is COc1ncnc(NS(=O)(=O)c2ccc(N3CCCC3)cc2)c1OC. The average molecular weight is 364 g/mol. The smallest absolute Gasteiger partial charge is 0.263 e. The number of hydrogen-bond donors (Lipinski definition) is 1. The van der Waals surface area contributed by atoms with Gasteiger partial charge in [-0.1, -0.05) is 0 Å². The molecule has 2 heterocycles. The molecule has 2 aromatic rings. The molecule has 134 valence electrons. The molecular formula is C16H20N4O4S. The van der Waals surface area contributed by atoms with Crippen LogP contribution in [0.15, 0.2) is 35.5 Å². The molecule has 1 saturated heterocycles. The maximum Gasteiger partial charge on any atom is 0.263 e. The van der Waals surface area contributed by atoms with Crippen LogP contribution in [0.2, 0.25) is 0 Å². The molecule has 0 unspecified atom stereocenters. The van der Waals surface area contributed by atoms with Gasteiger partial charge in [0.25, 0.3) is 15.9 Å². The van der Waals surface area contributed by atoms with Crippen molar-refractivity contribution in [2.24, 2.45) is 0 Å². The molecule has 8 nitrogen and oxygen atoms in total. The quantitative estimate of drug-likeness (QED) is 0.836. The number of rotatable bonds is 6. The molecule has 0 saturated carbocycles. The van der Waals surface area contributed by atoms with Crippen LogP contribution < -0.4 is 19.1 Å². The number of anilines is 2. The van der Waals surface area contributed by atoms with Crippen molar-refractivity contribution < 1.29 is 17.9 Å². The summed E-state index contributed by atoms with van der Waals surface area (Å²) >= 11 is 0. The molecule has 1 aliphatic heterocycles. The van der Waals surface area contributed by atoms with Crippen LogP contribution in [0.3, 0.4) is 0 Å². The van der Waals surface area contributed by atoms with Gasteiger partial charge in [-0.05, 0) is 37.1 Å². The van der Waals surface area contributed by atoms with E-state index in [1.165, 1.54) is 20.5 Å². The first kappa shape index (κ1) is 17.3. The predicted molar refractivity (Wildman–Crippen MR) is 93.8 cm³/mol. The van der Waals surface area contributed by atoms with Gasteiger partial charge >= 0.3 is 0 Å². The van der Waals surface area contributed by atoms with Crippen molar-refractivity contribution in [1.82, 2.24) is 9.97 Å². The molecule has 9 heteroatoms. The summed E-state index contributed by atoms with van der Waals surface area (Å²) in [5.41, 5.74) is 1.03. The lowest BCUT2D eigenvalue weighted by molar-refractivity contribution is 0.342. The summed E-state index contributed by atoms with van der Waals surface area (Å²) in [5, 5.41) is 0. The van der Waals surface area contributed by atoms with E-state index in [2.05, 4.69) is 19.6 Å². The standard InChI is InChI=1S/C16H20N4O4S/c1-23-14-15(17-11-18-16(14)24-2)19-25(21,22)13-7-5-12(6-8-13)20-9-3-4-10-20/h5-8,11H,3-4,9-10H2,1-2H3,(H,17,18,19). The van der Waals surface area contributed by atoms with Gasteiger partial charge < -0.3 is 14.4 Å². The minimum absolute atomic E-state index is 0.0259. The molecule has 1 aromatic heterocycles. The van der Waals surface area contributed by atoms with E-state index in [4.69, 9.17) is 9.47 Å². The van der Waals surface area contributed by atoms with E-state index in [-0.39, 0.29) is 22.3 Å². The largest absolute Gasteiger partial charge is 0.489 e. The zero-order chi connectivity index (χ0) is 17.9. The van der Waals surface area contributed by atoms with Crippen LogP contribution in [0.25, 0.3) is 0 Å². The number of nitrogens with zero attached hydrogens (tertiary/aromatic N) is 3. The lowest BCUT2D eigenvalue weighted by Gasteiger charge is -2.18. The van der Waals surface area contributed by atoms with Gasteiger partial charge in [-0.15, -0.1) is 0 Å². The van der Waals surface area contributed by atoms with Gasteiger partial charge in [-0.3, -0.25) is 4.72 Å². The van der Waals surface area contributed by atoms with Gasteiger partial charge in [-0.2, -0.15) is 4.98 Å². The Balaban J connectivity index is 1.85. The summed E-state index contributed by atoms with van der Waals surface area (Å²) in [5.74, 6) is 0.305. The summed E-state index contributed by atoms with van der Waals surface area (Å²) in [7, 11) is -0.996. The number of benzene rings is 1. The van der Waals surface area contributed by atoms with Crippen molar-refractivity contribution in [3.63, 3.8) is 0 Å². The zero-order valence-corrected chi connectivity index (χ0v) is 14.9. The van der Waals surface area contributed by atoms with Crippen molar-refractivity contribution in [2.45, 2.75) is 17.7 Å². The first-order valence-electron chi connectivity index (χ1n) is 7.86. The fourth-order valence-corrected chi connectivity index (χ4v) is 3.77. The van der Waals surface area contributed by atoms with Gasteiger partial charge in [0.15, 0.2) is 5.82 Å². The highest BCUT2D eigenvalue weighted by atomic mass is 32.2. The normalized spacial score (nSPS) is 14.4. The molecular weight excluding hydrogens is 344 g/mol. The molecule has 0 spiro atoms. The second-order valence-electron chi connectivity index (χ2n) is 5.56. The van der Waals surface area contributed by atoms with Crippen molar-refractivity contribution in [1.29, 1.82) is 0 Å². The van der Waals surface area contributed by atoms with Crippen LogP contribution in [0.5, 0.6) is 11.6 Å². The van der Waals surface area contributed by atoms with E-state index in [1.807, 2.05) is 12.1 Å². The van der Waals surface area contributed by atoms with Crippen molar-refractivity contribution in [2.75, 3.05) is 36.9 Å². The van der Waals surface area contributed by atoms with E-state index in [0.717, 1.165) is 31.6 Å². The van der Waals surface area contributed by atoms with E-state index in [0.29, 0.717) is 0 Å². The van der Waals surface area contributed by atoms with E-state index in [1.54, 1.807) is 12.1 Å². The number of sulfonamides is 1. The summed E-state index contributed by atoms with van der Waals surface area (Å²) in [6.07, 6.45) is 3.53. The van der Waals surface area contributed by atoms with Gasteiger partial charge in [-0.25, -0.2) is 13.4 Å². The van der Waals surface area contributed by atoms with Crippen molar-refractivity contribution in [3.05, 3.63) is 30.6 Å². The Hall–Kier alpha value is -2.55. The van der Waals surface area contributed by atoms with Crippen molar-refractivity contribution >= 4 is 21.5 Å². The maximum atomic E-state index is 12.6. The van der Waals surface area contributed by atoms with Crippen LogP contribution in [-0.4, -0.2) is 45.7 Å². The van der Waals surface area contributed by atoms with Crippen LogP contribution in [-0.2, 0) is 10.0 Å². The van der Waals surface area contributed by atoms with E-state index in [9.17, 15) is 8.42 Å². The molecule has 1 aliphatic rings.